The first kappa shape index (κ1) is 23.1. The van der Waals surface area contributed by atoms with Crippen LogP contribution in [0, 0.1) is 0 Å². The van der Waals surface area contributed by atoms with Gasteiger partial charge >= 0.3 is 0 Å². The predicted octanol–water partition coefficient (Wildman–Crippen LogP) is 4.81. The number of ketones is 1. The third-order valence-electron chi connectivity index (χ3n) is 5.36. The number of Topliss-reactive ketones (excluding diaryl/α,β-unsaturated/α-hetero) is 1. The van der Waals surface area contributed by atoms with Gasteiger partial charge in [0.25, 0.3) is 0 Å². The summed E-state index contributed by atoms with van der Waals surface area (Å²) >= 11 is 0. The summed E-state index contributed by atoms with van der Waals surface area (Å²) in [5.41, 5.74) is 0. The Balaban J connectivity index is 0.000000260. The van der Waals surface area contributed by atoms with E-state index < -0.39 is 0 Å². The quantitative estimate of drug-likeness (QED) is 0.521. The smallest absolute Gasteiger partial charge is 0.222 e. The molecule has 0 aliphatic carbocycles. The molecule has 26 heavy (non-hydrogen) atoms. The second-order valence-corrected chi connectivity index (χ2v) is 7.88. The maximum absolute atomic E-state index is 11.4. The van der Waals surface area contributed by atoms with Crippen LogP contribution in [-0.2, 0) is 9.59 Å². The number of unbranched alkanes of at least 4 members (excludes halogenated alkanes) is 6. The Bertz CT molecular complexity index is 384. The maximum Gasteiger partial charge on any atom is 0.222 e. The third kappa shape index (κ3) is 10.9. The molecule has 2 heterocycles. The molecule has 4 nitrogen and oxygen atoms in total. The van der Waals surface area contributed by atoms with Gasteiger partial charge in [-0.2, -0.15) is 0 Å². The van der Waals surface area contributed by atoms with Gasteiger partial charge in [0.1, 0.15) is 5.78 Å². The second-order valence-electron chi connectivity index (χ2n) is 7.88. The van der Waals surface area contributed by atoms with Crippen LogP contribution in [0.1, 0.15) is 97.3 Å². The van der Waals surface area contributed by atoms with Gasteiger partial charge in [-0.3, -0.25) is 14.5 Å². The average Bonchev–Trinajstić information content (AvgIpc) is 2.64. The lowest BCUT2D eigenvalue weighted by Crippen LogP contribution is -2.36. The molecule has 0 aromatic rings. The second kappa shape index (κ2) is 15.2. The van der Waals surface area contributed by atoms with E-state index in [4.69, 9.17) is 0 Å². The van der Waals surface area contributed by atoms with Crippen molar-refractivity contribution in [3.05, 3.63) is 0 Å². The molecule has 2 aliphatic heterocycles. The van der Waals surface area contributed by atoms with E-state index in [9.17, 15) is 9.59 Å². The van der Waals surface area contributed by atoms with Crippen LogP contribution in [0.25, 0.3) is 0 Å². The molecule has 2 aliphatic rings. The van der Waals surface area contributed by atoms with Gasteiger partial charge in [-0.15, -0.1) is 0 Å². The summed E-state index contributed by atoms with van der Waals surface area (Å²) in [6.45, 7) is 9.43. The minimum Gasteiger partial charge on any atom is -0.343 e. The first-order valence-electron chi connectivity index (χ1n) is 11.2. The Morgan fingerprint density at radius 2 is 1.42 bits per heavy atom. The Labute approximate surface area is 161 Å². The third-order valence-corrected chi connectivity index (χ3v) is 5.36. The van der Waals surface area contributed by atoms with Gasteiger partial charge in [0.15, 0.2) is 0 Å². The van der Waals surface area contributed by atoms with Crippen LogP contribution in [0.5, 0.6) is 0 Å². The topological polar surface area (TPSA) is 40.6 Å². The minimum absolute atomic E-state index is 0.378. The largest absolute Gasteiger partial charge is 0.343 e. The molecule has 2 saturated heterocycles. The fourth-order valence-corrected chi connectivity index (χ4v) is 3.69. The van der Waals surface area contributed by atoms with Gasteiger partial charge in [0.05, 0.1) is 6.54 Å². The van der Waals surface area contributed by atoms with Crippen LogP contribution in [0.2, 0.25) is 0 Å². The molecule has 0 aromatic carbocycles. The molecule has 4 heteroatoms. The molecule has 2 fully saturated rings. The van der Waals surface area contributed by atoms with Crippen molar-refractivity contribution in [2.75, 3.05) is 32.7 Å². The molecule has 2 rings (SSSR count). The highest BCUT2D eigenvalue weighted by molar-refractivity contribution is 5.81. The van der Waals surface area contributed by atoms with Gasteiger partial charge in [-0.1, -0.05) is 52.4 Å². The molecule has 0 unspecified atom stereocenters. The molecule has 0 aromatic heterocycles. The van der Waals surface area contributed by atoms with E-state index in [0.29, 0.717) is 18.2 Å². The highest BCUT2D eigenvalue weighted by atomic mass is 16.2. The van der Waals surface area contributed by atoms with E-state index in [0.717, 1.165) is 51.9 Å². The minimum atomic E-state index is 0.378. The zero-order chi connectivity index (χ0) is 19.0. The van der Waals surface area contributed by atoms with Crippen LogP contribution in [0.3, 0.4) is 0 Å². The van der Waals surface area contributed by atoms with E-state index in [-0.39, 0.29) is 0 Å². The van der Waals surface area contributed by atoms with Crippen molar-refractivity contribution in [3.63, 3.8) is 0 Å². The zero-order valence-corrected chi connectivity index (χ0v) is 17.4. The van der Waals surface area contributed by atoms with E-state index in [2.05, 4.69) is 18.7 Å². The molecule has 0 atom stereocenters. The van der Waals surface area contributed by atoms with Crippen molar-refractivity contribution in [1.29, 1.82) is 0 Å². The van der Waals surface area contributed by atoms with Crippen LogP contribution in [-0.4, -0.2) is 54.2 Å². The molecular weight excluding hydrogens is 324 g/mol. The fraction of sp³-hybridized carbons (Fsp3) is 0.909. The normalized spacial score (nSPS) is 18.6. The number of amides is 1. The molecule has 0 saturated carbocycles. The number of nitrogens with zero attached hydrogens (tertiary/aromatic N) is 2. The molecule has 0 bridgehead atoms. The first-order chi connectivity index (χ1) is 12.7. The fourth-order valence-electron chi connectivity index (χ4n) is 3.69. The van der Waals surface area contributed by atoms with Gasteiger partial charge in [0.2, 0.25) is 5.91 Å². The lowest BCUT2D eigenvalue weighted by atomic mass is 10.1. The number of hydrogen-bond acceptors (Lipinski definition) is 3. The monoisotopic (exact) mass is 366 g/mol. The number of hydrogen-bond donors (Lipinski definition) is 0. The Hall–Kier alpha value is -0.900. The number of rotatable bonds is 10. The summed E-state index contributed by atoms with van der Waals surface area (Å²) in [4.78, 5) is 26.9. The standard InChI is InChI=1S/2C11H21NO/c1-2-3-4-6-9-12-10-7-5-8-11(12)13;1-2-3-4-5-8-12-9-6-7-11(13)10-12/h2*2-10H2,1H3. The summed E-state index contributed by atoms with van der Waals surface area (Å²) in [6.07, 6.45) is 15.2. The summed E-state index contributed by atoms with van der Waals surface area (Å²) in [6, 6.07) is 0. The number of carbonyl (C=O) groups excluding carboxylic acids is 2. The summed E-state index contributed by atoms with van der Waals surface area (Å²) in [5.74, 6) is 0.810. The lowest BCUT2D eigenvalue weighted by molar-refractivity contribution is -0.133. The SMILES string of the molecule is CCCCCCN1CCCC(=O)C1.CCCCCCN1CCCCC1=O. The molecule has 152 valence electrons. The van der Waals surface area contributed by atoms with Crippen LogP contribution < -0.4 is 0 Å². The van der Waals surface area contributed by atoms with Crippen molar-refractivity contribution >= 4 is 11.7 Å². The van der Waals surface area contributed by atoms with Crippen LogP contribution >= 0.6 is 0 Å². The molecule has 0 radical (unpaired) electrons. The van der Waals surface area contributed by atoms with Gasteiger partial charge < -0.3 is 4.90 Å². The molecule has 1 amide bonds. The van der Waals surface area contributed by atoms with Gasteiger partial charge in [-0.25, -0.2) is 0 Å². The maximum atomic E-state index is 11.4. The number of piperidine rings is 2. The zero-order valence-electron chi connectivity index (χ0n) is 17.4. The molecule has 0 spiro atoms. The van der Waals surface area contributed by atoms with Crippen molar-refractivity contribution in [2.45, 2.75) is 97.3 Å². The van der Waals surface area contributed by atoms with Gasteiger partial charge in [0, 0.05) is 25.9 Å². The lowest BCUT2D eigenvalue weighted by Gasteiger charge is -2.26. The summed E-state index contributed by atoms with van der Waals surface area (Å²) < 4.78 is 0. The predicted molar refractivity (Wildman–Crippen MR) is 109 cm³/mol. The van der Waals surface area contributed by atoms with Gasteiger partial charge in [-0.05, 0) is 45.2 Å². The van der Waals surface area contributed by atoms with Crippen LogP contribution in [0.4, 0.5) is 0 Å². The molecule has 0 N–H and O–H groups in total. The highest BCUT2D eigenvalue weighted by Gasteiger charge is 2.17. The van der Waals surface area contributed by atoms with Crippen molar-refractivity contribution in [1.82, 2.24) is 9.80 Å². The number of likely N-dealkylation sites (tertiary alicyclic amines) is 2. The van der Waals surface area contributed by atoms with Crippen molar-refractivity contribution < 1.29 is 9.59 Å². The Morgan fingerprint density at radius 3 is 2.04 bits per heavy atom. The first-order valence-corrected chi connectivity index (χ1v) is 11.2. The van der Waals surface area contributed by atoms with E-state index in [1.54, 1.807) is 0 Å². The Morgan fingerprint density at radius 1 is 0.731 bits per heavy atom. The highest BCUT2D eigenvalue weighted by Crippen LogP contribution is 2.12. The van der Waals surface area contributed by atoms with E-state index in [1.807, 2.05) is 4.90 Å². The molecular formula is C22H42N2O2. The number of carbonyl (C=O) groups is 2. The van der Waals surface area contributed by atoms with Crippen molar-refractivity contribution in [2.24, 2.45) is 0 Å². The Kier molecular flexibility index (Phi) is 13.5. The summed E-state index contributed by atoms with van der Waals surface area (Å²) in [5, 5.41) is 0. The van der Waals surface area contributed by atoms with E-state index >= 15 is 0 Å². The summed E-state index contributed by atoms with van der Waals surface area (Å²) in [7, 11) is 0. The van der Waals surface area contributed by atoms with E-state index in [1.165, 1.54) is 57.8 Å². The van der Waals surface area contributed by atoms with Crippen molar-refractivity contribution in [3.8, 4) is 0 Å². The average molecular weight is 367 g/mol. The van der Waals surface area contributed by atoms with Crippen LogP contribution in [0.15, 0.2) is 0 Å².